The van der Waals surface area contributed by atoms with Crippen molar-refractivity contribution in [3.05, 3.63) is 65.7 Å². The van der Waals surface area contributed by atoms with Crippen molar-refractivity contribution in [1.82, 2.24) is 0 Å². The summed E-state index contributed by atoms with van der Waals surface area (Å²) in [6.07, 6.45) is -0.844. The first kappa shape index (κ1) is 19.5. The van der Waals surface area contributed by atoms with E-state index in [1.165, 1.54) is 36.4 Å². The van der Waals surface area contributed by atoms with Crippen LogP contribution in [0.25, 0.3) is 6.08 Å². The number of anilines is 2. The van der Waals surface area contributed by atoms with Crippen LogP contribution in [-0.2, 0) is 21.0 Å². The molecule has 138 valence electrons. The summed E-state index contributed by atoms with van der Waals surface area (Å²) in [7, 11) is -3.38. The zero-order chi connectivity index (χ0) is 19.4. The molecule has 2 aromatic rings. The monoisotopic (exact) mass is 384 g/mol. The molecule has 0 heterocycles. The van der Waals surface area contributed by atoms with Crippen molar-refractivity contribution in [3.8, 4) is 0 Å². The van der Waals surface area contributed by atoms with Gasteiger partial charge in [0.2, 0.25) is 15.9 Å². The number of hydrogen-bond donors (Lipinski definition) is 2. The van der Waals surface area contributed by atoms with Gasteiger partial charge in [0, 0.05) is 17.5 Å². The number of nitrogens with one attached hydrogen (secondary N) is 2. The second kappa shape index (κ2) is 7.61. The molecule has 1 amide bonds. The third-order valence-corrected chi connectivity index (χ3v) is 3.71. The van der Waals surface area contributed by atoms with Crippen molar-refractivity contribution >= 4 is 33.4 Å². The maximum atomic E-state index is 12.6. The number of carbonyl (C=O) groups excluding carboxylic acids is 1. The highest BCUT2D eigenvalue weighted by molar-refractivity contribution is 7.92. The molecule has 0 radical (unpaired) electrons. The SMILES string of the molecule is CS(=O)(=O)Nc1ccc(C=CC(=O)Nc2cccc(C(F)(F)F)c2)cc1. The molecule has 0 saturated carbocycles. The first-order chi connectivity index (χ1) is 12.0. The Bertz CT molecular complexity index is 921. The van der Waals surface area contributed by atoms with E-state index in [2.05, 4.69) is 10.0 Å². The van der Waals surface area contributed by atoms with Gasteiger partial charge in [-0.25, -0.2) is 8.42 Å². The van der Waals surface area contributed by atoms with E-state index in [1.807, 2.05) is 0 Å². The van der Waals surface area contributed by atoms with E-state index in [0.717, 1.165) is 18.4 Å². The van der Waals surface area contributed by atoms with Crippen molar-refractivity contribution in [2.24, 2.45) is 0 Å². The van der Waals surface area contributed by atoms with Gasteiger partial charge in [0.1, 0.15) is 0 Å². The van der Waals surface area contributed by atoms with Crippen LogP contribution >= 0.6 is 0 Å². The van der Waals surface area contributed by atoms with Crippen LogP contribution in [0.4, 0.5) is 24.5 Å². The molecule has 0 aliphatic rings. The minimum atomic E-state index is -4.49. The van der Waals surface area contributed by atoms with E-state index in [0.29, 0.717) is 11.3 Å². The zero-order valence-corrected chi connectivity index (χ0v) is 14.4. The number of carbonyl (C=O) groups is 1. The number of benzene rings is 2. The molecule has 9 heteroatoms. The molecule has 5 nitrogen and oxygen atoms in total. The summed E-state index contributed by atoms with van der Waals surface area (Å²) >= 11 is 0. The van der Waals surface area contributed by atoms with Crippen LogP contribution in [-0.4, -0.2) is 20.6 Å². The van der Waals surface area contributed by atoms with Gasteiger partial charge in [0.25, 0.3) is 0 Å². The van der Waals surface area contributed by atoms with E-state index >= 15 is 0 Å². The van der Waals surface area contributed by atoms with Crippen molar-refractivity contribution in [3.63, 3.8) is 0 Å². The first-order valence-electron chi connectivity index (χ1n) is 7.27. The summed E-state index contributed by atoms with van der Waals surface area (Å²) in [4.78, 5) is 11.8. The molecular weight excluding hydrogens is 369 g/mol. The number of halogens is 3. The molecule has 2 aromatic carbocycles. The molecule has 0 fully saturated rings. The zero-order valence-electron chi connectivity index (χ0n) is 13.5. The lowest BCUT2D eigenvalue weighted by molar-refractivity contribution is -0.137. The average molecular weight is 384 g/mol. The quantitative estimate of drug-likeness (QED) is 0.772. The Morgan fingerprint density at radius 3 is 2.27 bits per heavy atom. The Balaban J connectivity index is 2.01. The minimum absolute atomic E-state index is 0.0298. The normalized spacial score (nSPS) is 12.2. The third kappa shape index (κ3) is 6.25. The molecule has 0 spiro atoms. The number of alkyl halides is 3. The summed E-state index contributed by atoms with van der Waals surface area (Å²) in [5.41, 5.74) is 0.164. The van der Waals surface area contributed by atoms with Crippen molar-refractivity contribution in [1.29, 1.82) is 0 Å². The second-order valence-electron chi connectivity index (χ2n) is 5.40. The molecular formula is C17H15F3N2O3S. The van der Waals surface area contributed by atoms with E-state index in [-0.39, 0.29) is 5.69 Å². The molecule has 2 rings (SSSR count). The summed E-state index contributed by atoms with van der Waals surface area (Å²) in [5.74, 6) is -0.595. The van der Waals surface area contributed by atoms with Gasteiger partial charge in [-0.2, -0.15) is 13.2 Å². The molecule has 0 saturated heterocycles. The lowest BCUT2D eigenvalue weighted by Gasteiger charge is -2.08. The lowest BCUT2D eigenvalue weighted by atomic mass is 10.2. The highest BCUT2D eigenvalue weighted by Gasteiger charge is 2.30. The smallest absolute Gasteiger partial charge is 0.322 e. The molecule has 0 aliphatic heterocycles. The molecule has 0 atom stereocenters. The third-order valence-electron chi connectivity index (χ3n) is 3.10. The maximum Gasteiger partial charge on any atom is 0.416 e. The van der Waals surface area contributed by atoms with Crippen LogP contribution in [0.2, 0.25) is 0 Å². The number of amides is 1. The van der Waals surface area contributed by atoms with E-state index in [4.69, 9.17) is 0 Å². The van der Waals surface area contributed by atoms with Gasteiger partial charge in [-0.3, -0.25) is 9.52 Å². The van der Waals surface area contributed by atoms with Crippen molar-refractivity contribution < 1.29 is 26.4 Å². The highest BCUT2D eigenvalue weighted by Crippen LogP contribution is 2.30. The van der Waals surface area contributed by atoms with Gasteiger partial charge in [-0.15, -0.1) is 0 Å². The Hall–Kier alpha value is -2.81. The number of hydrogen-bond acceptors (Lipinski definition) is 3. The van der Waals surface area contributed by atoms with E-state index in [9.17, 15) is 26.4 Å². The van der Waals surface area contributed by atoms with E-state index < -0.39 is 27.7 Å². The second-order valence-corrected chi connectivity index (χ2v) is 7.15. The molecule has 0 unspecified atom stereocenters. The fourth-order valence-corrected chi connectivity index (χ4v) is 2.57. The van der Waals surface area contributed by atoms with Crippen LogP contribution in [0.5, 0.6) is 0 Å². The van der Waals surface area contributed by atoms with Gasteiger partial charge in [0.15, 0.2) is 0 Å². The molecule has 26 heavy (non-hydrogen) atoms. The van der Waals surface area contributed by atoms with E-state index in [1.54, 1.807) is 12.1 Å². The van der Waals surface area contributed by atoms with Crippen molar-refractivity contribution in [2.75, 3.05) is 16.3 Å². The Morgan fingerprint density at radius 2 is 1.69 bits per heavy atom. The molecule has 0 bridgehead atoms. The Labute approximate surface area is 148 Å². The van der Waals surface area contributed by atoms with Gasteiger partial charge >= 0.3 is 6.18 Å². The Morgan fingerprint density at radius 1 is 1.04 bits per heavy atom. The van der Waals surface area contributed by atoms with Crippen LogP contribution in [0.1, 0.15) is 11.1 Å². The van der Waals surface area contributed by atoms with Gasteiger partial charge in [-0.05, 0) is 42.0 Å². The Kier molecular flexibility index (Phi) is 5.71. The van der Waals surface area contributed by atoms with Gasteiger partial charge < -0.3 is 5.32 Å². The largest absolute Gasteiger partial charge is 0.416 e. The highest BCUT2D eigenvalue weighted by atomic mass is 32.2. The molecule has 0 aliphatic carbocycles. The topological polar surface area (TPSA) is 75.3 Å². The summed E-state index contributed by atoms with van der Waals surface area (Å²) in [6.45, 7) is 0. The summed E-state index contributed by atoms with van der Waals surface area (Å²) < 4.78 is 62.4. The first-order valence-corrected chi connectivity index (χ1v) is 9.16. The van der Waals surface area contributed by atoms with Crippen molar-refractivity contribution in [2.45, 2.75) is 6.18 Å². The lowest BCUT2D eigenvalue weighted by Crippen LogP contribution is -2.10. The average Bonchev–Trinajstić information content (AvgIpc) is 2.52. The van der Waals surface area contributed by atoms with Crippen LogP contribution in [0, 0.1) is 0 Å². The summed E-state index contributed by atoms with van der Waals surface area (Å²) in [6, 6.07) is 10.5. The number of rotatable bonds is 5. The van der Waals surface area contributed by atoms with Gasteiger partial charge in [0.05, 0.1) is 11.8 Å². The van der Waals surface area contributed by atoms with Crippen LogP contribution < -0.4 is 10.0 Å². The maximum absolute atomic E-state index is 12.6. The minimum Gasteiger partial charge on any atom is -0.322 e. The fourth-order valence-electron chi connectivity index (χ4n) is 2.01. The molecule has 2 N–H and O–H groups in total. The van der Waals surface area contributed by atoms with Gasteiger partial charge in [-0.1, -0.05) is 18.2 Å². The summed E-state index contributed by atoms with van der Waals surface area (Å²) in [5, 5.41) is 2.35. The standard InChI is InChI=1S/C17H15F3N2O3S/c1-26(24,25)22-14-8-5-12(6-9-14)7-10-16(23)21-15-4-2-3-13(11-15)17(18,19)20/h2-11,22H,1H3,(H,21,23). The molecule has 0 aromatic heterocycles. The predicted octanol–water partition coefficient (Wildman–Crippen LogP) is 3.73. The predicted molar refractivity (Wildman–Crippen MR) is 94.0 cm³/mol. The van der Waals surface area contributed by atoms with Crippen LogP contribution in [0.15, 0.2) is 54.6 Å². The fraction of sp³-hybridized carbons (Fsp3) is 0.118. The number of sulfonamides is 1. The van der Waals surface area contributed by atoms with Crippen LogP contribution in [0.3, 0.4) is 0 Å².